The van der Waals surface area contributed by atoms with Crippen molar-refractivity contribution in [1.29, 1.82) is 0 Å². The largest absolute Gasteiger partial charge is 0.380 e. The van der Waals surface area contributed by atoms with E-state index in [1.807, 2.05) is 29.9 Å². The Morgan fingerprint density at radius 2 is 2.09 bits per heavy atom. The first-order valence-electron chi connectivity index (χ1n) is 7.59. The molecule has 5 nitrogen and oxygen atoms in total. The number of nitrogens with one attached hydrogen (secondary N) is 2. The first-order valence-corrected chi connectivity index (χ1v) is 7.59. The zero-order valence-corrected chi connectivity index (χ0v) is 13.5. The predicted octanol–water partition coefficient (Wildman–Crippen LogP) is 3.45. The number of carbonyl (C=O) groups excluding carboxylic acids is 1. The van der Waals surface area contributed by atoms with Gasteiger partial charge >= 0.3 is 0 Å². The molecule has 1 atom stereocenters. The maximum atomic E-state index is 11.9. The Hall–Kier alpha value is -2.30. The van der Waals surface area contributed by atoms with E-state index >= 15 is 0 Å². The molecule has 2 N–H and O–H groups in total. The minimum atomic E-state index is -0.0566. The van der Waals surface area contributed by atoms with Crippen LogP contribution in [0.1, 0.15) is 34.1 Å². The number of aromatic nitrogens is 2. The van der Waals surface area contributed by atoms with Gasteiger partial charge in [-0.2, -0.15) is 5.10 Å². The fourth-order valence-electron chi connectivity index (χ4n) is 2.66. The van der Waals surface area contributed by atoms with Gasteiger partial charge in [0.2, 0.25) is 5.91 Å². The number of anilines is 2. The third kappa shape index (κ3) is 2.71. The van der Waals surface area contributed by atoms with Crippen LogP contribution in [0, 0.1) is 0 Å². The molecule has 0 bridgehead atoms. The normalized spacial score (nSPS) is 18.2. The highest BCUT2D eigenvalue weighted by Crippen LogP contribution is 2.36. The Labute approximate surface area is 130 Å². The lowest BCUT2D eigenvalue weighted by molar-refractivity contribution is -0.116. The highest BCUT2D eigenvalue weighted by atomic mass is 16.1. The van der Waals surface area contributed by atoms with E-state index in [1.165, 1.54) is 0 Å². The van der Waals surface area contributed by atoms with Crippen molar-refractivity contribution in [3.63, 3.8) is 0 Å². The molecular weight excluding hydrogens is 276 g/mol. The van der Waals surface area contributed by atoms with Crippen LogP contribution in [-0.2, 0) is 10.3 Å². The van der Waals surface area contributed by atoms with Gasteiger partial charge in [-0.1, -0.05) is 12.1 Å². The summed E-state index contributed by atoms with van der Waals surface area (Å²) in [6.07, 6.45) is 4.39. The molecule has 2 aromatic rings. The lowest BCUT2D eigenvalue weighted by Gasteiger charge is -2.19. The van der Waals surface area contributed by atoms with E-state index in [1.54, 1.807) is 0 Å². The summed E-state index contributed by atoms with van der Waals surface area (Å²) >= 11 is 0. The molecule has 3 rings (SSSR count). The number of rotatable bonds is 1. The van der Waals surface area contributed by atoms with Crippen molar-refractivity contribution in [3.8, 4) is 11.1 Å². The average Bonchev–Trinajstić information content (AvgIpc) is 2.84. The first-order chi connectivity index (χ1) is 10.3. The average molecular weight is 298 g/mol. The molecule has 0 saturated heterocycles. The summed E-state index contributed by atoms with van der Waals surface area (Å²) in [5.74, 6) is 0.0429. The van der Waals surface area contributed by atoms with Crippen molar-refractivity contribution in [2.24, 2.45) is 0 Å². The van der Waals surface area contributed by atoms with Crippen LogP contribution >= 0.6 is 0 Å². The monoisotopic (exact) mass is 298 g/mol. The molecule has 1 aliphatic heterocycles. The second-order valence-electron chi connectivity index (χ2n) is 6.87. The second kappa shape index (κ2) is 5.16. The third-order valence-corrected chi connectivity index (χ3v) is 3.80. The van der Waals surface area contributed by atoms with E-state index in [2.05, 4.69) is 48.8 Å². The Morgan fingerprint density at radius 1 is 1.32 bits per heavy atom. The predicted molar refractivity (Wildman–Crippen MR) is 89.0 cm³/mol. The molecule has 2 heterocycles. The summed E-state index contributed by atoms with van der Waals surface area (Å²) < 4.78 is 1.96. The maximum absolute atomic E-state index is 11.9. The standard InChI is InChI=1S/C17H22N4O/c1-11-8-15(22)20-14-7-5-6-13(16(14)19-11)12-9-18-21(10-12)17(2,3)4/h5-7,9-11,19H,8H2,1-4H3,(H,20,22)/t11-/m0/s1. The van der Waals surface area contributed by atoms with Crippen LogP contribution < -0.4 is 10.6 Å². The van der Waals surface area contributed by atoms with Crippen LogP contribution in [0.3, 0.4) is 0 Å². The molecule has 0 spiro atoms. The molecule has 1 amide bonds. The SMILES string of the molecule is C[C@H]1CC(=O)Nc2cccc(-c3cnn(C(C)(C)C)c3)c2N1. The van der Waals surface area contributed by atoms with Gasteiger partial charge in [-0.05, 0) is 33.8 Å². The molecule has 1 aliphatic rings. The second-order valence-corrected chi connectivity index (χ2v) is 6.87. The van der Waals surface area contributed by atoms with Gasteiger partial charge in [0.25, 0.3) is 0 Å². The fourth-order valence-corrected chi connectivity index (χ4v) is 2.66. The number of carbonyl (C=O) groups is 1. The Balaban J connectivity index is 2.07. The lowest BCUT2D eigenvalue weighted by Crippen LogP contribution is -2.21. The van der Waals surface area contributed by atoms with Crippen molar-refractivity contribution >= 4 is 17.3 Å². The quantitative estimate of drug-likeness (QED) is 0.848. The Bertz CT molecular complexity index is 712. The molecule has 5 heteroatoms. The molecule has 0 aliphatic carbocycles. The van der Waals surface area contributed by atoms with Gasteiger partial charge in [0.1, 0.15) is 0 Å². The van der Waals surface area contributed by atoms with Gasteiger partial charge in [0.15, 0.2) is 0 Å². The summed E-state index contributed by atoms with van der Waals surface area (Å²) in [5, 5.41) is 10.9. The minimum Gasteiger partial charge on any atom is -0.380 e. The van der Waals surface area contributed by atoms with Crippen LogP contribution in [0.25, 0.3) is 11.1 Å². The van der Waals surface area contributed by atoms with Crippen LogP contribution in [-0.4, -0.2) is 21.7 Å². The fraction of sp³-hybridized carbons (Fsp3) is 0.412. The number of benzene rings is 1. The van der Waals surface area contributed by atoms with Gasteiger partial charge in [-0.25, -0.2) is 0 Å². The highest BCUT2D eigenvalue weighted by Gasteiger charge is 2.21. The van der Waals surface area contributed by atoms with Crippen molar-refractivity contribution in [3.05, 3.63) is 30.6 Å². The van der Waals surface area contributed by atoms with E-state index < -0.39 is 0 Å². The number of fused-ring (bicyclic) bond motifs is 1. The van der Waals surface area contributed by atoms with Gasteiger partial charge in [0.05, 0.1) is 23.1 Å². The highest BCUT2D eigenvalue weighted by molar-refractivity contribution is 6.00. The zero-order valence-electron chi connectivity index (χ0n) is 13.5. The van der Waals surface area contributed by atoms with E-state index in [0.29, 0.717) is 6.42 Å². The summed E-state index contributed by atoms with van der Waals surface area (Å²) in [5.41, 5.74) is 3.84. The third-order valence-electron chi connectivity index (χ3n) is 3.80. The lowest BCUT2D eigenvalue weighted by atomic mass is 10.0. The molecular formula is C17H22N4O. The first kappa shape index (κ1) is 14.6. The molecule has 1 aromatic carbocycles. The summed E-state index contributed by atoms with van der Waals surface area (Å²) in [6, 6.07) is 6.04. The molecule has 1 aromatic heterocycles. The zero-order chi connectivity index (χ0) is 15.9. The number of nitrogens with zero attached hydrogens (tertiary/aromatic N) is 2. The van der Waals surface area contributed by atoms with Gasteiger partial charge in [-0.3, -0.25) is 9.48 Å². The number of hydrogen-bond donors (Lipinski definition) is 2. The Morgan fingerprint density at radius 3 is 2.77 bits per heavy atom. The molecule has 116 valence electrons. The summed E-state index contributed by atoms with van der Waals surface area (Å²) in [6.45, 7) is 8.38. The van der Waals surface area contributed by atoms with Crippen LogP contribution in [0.15, 0.2) is 30.6 Å². The number of amides is 1. The smallest absolute Gasteiger partial charge is 0.226 e. The van der Waals surface area contributed by atoms with E-state index in [9.17, 15) is 4.79 Å². The minimum absolute atomic E-state index is 0.0429. The van der Waals surface area contributed by atoms with E-state index in [0.717, 1.165) is 22.5 Å². The van der Waals surface area contributed by atoms with Crippen LogP contribution in [0.4, 0.5) is 11.4 Å². The summed E-state index contributed by atoms with van der Waals surface area (Å²) in [7, 11) is 0. The number of hydrogen-bond acceptors (Lipinski definition) is 3. The molecule has 0 radical (unpaired) electrons. The van der Waals surface area contributed by atoms with Crippen molar-refractivity contribution in [2.45, 2.75) is 45.7 Å². The van der Waals surface area contributed by atoms with Crippen LogP contribution in [0.5, 0.6) is 0 Å². The summed E-state index contributed by atoms with van der Waals surface area (Å²) in [4.78, 5) is 11.9. The topological polar surface area (TPSA) is 59.0 Å². The van der Waals surface area contributed by atoms with E-state index in [-0.39, 0.29) is 17.5 Å². The molecule has 22 heavy (non-hydrogen) atoms. The van der Waals surface area contributed by atoms with E-state index in [4.69, 9.17) is 0 Å². The Kier molecular flexibility index (Phi) is 3.43. The van der Waals surface area contributed by atoms with Gasteiger partial charge in [0, 0.05) is 29.8 Å². The maximum Gasteiger partial charge on any atom is 0.226 e. The van der Waals surface area contributed by atoms with Crippen molar-refractivity contribution in [1.82, 2.24) is 9.78 Å². The van der Waals surface area contributed by atoms with Crippen molar-refractivity contribution < 1.29 is 4.79 Å². The molecule has 0 unspecified atom stereocenters. The number of para-hydroxylation sites is 1. The molecule has 0 saturated carbocycles. The van der Waals surface area contributed by atoms with Crippen LogP contribution in [0.2, 0.25) is 0 Å². The van der Waals surface area contributed by atoms with Gasteiger partial charge < -0.3 is 10.6 Å². The molecule has 0 fully saturated rings. The van der Waals surface area contributed by atoms with Gasteiger partial charge in [-0.15, -0.1) is 0 Å². The van der Waals surface area contributed by atoms with Crippen molar-refractivity contribution in [2.75, 3.05) is 10.6 Å².